The minimum atomic E-state index is -0.778. The molecular weight excluding hydrogens is 540 g/mol. The highest BCUT2D eigenvalue weighted by Gasteiger charge is 2.34. The molecule has 0 radical (unpaired) electrons. The zero-order valence-corrected chi connectivity index (χ0v) is 23.2. The molecule has 1 aromatic carbocycles. The van der Waals surface area contributed by atoms with Gasteiger partial charge >= 0.3 is 5.97 Å². The molecule has 12 heteroatoms. The number of benzene rings is 1. The molecule has 0 fully saturated rings. The van der Waals surface area contributed by atoms with E-state index in [9.17, 15) is 9.59 Å². The molecule has 3 aromatic heterocycles. The predicted octanol–water partition coefficient (Wildman–Crippen LogP) is 3.35. The molecule has 10 nitrogen and oxygen atoms in total. The fraction of sp³-hybridized carbons (Fsp3) is 0.222. The lowest BCUT2D eigenvalue weighted by molar-refractivity contribution is -0.139. The van der Waals surface area contributed by atoms with E-state index in [0.29, 0.717) is 48.1 Å². The summed E-state index contributed by atoms with van der Waals surface area (Å²) in [6.07, 6.45) is 4.97. The molecule has 0 saturated carbocycles. The van der Waals surface area contributed by atoms with Gasteiger partial charge in [0.15, 0.2) is 26.5 Å². The molecule has 4 heterocycles. The average molecular weight is 565 g/mol. The van der Waals surface area contributed by atoms with Crippen LogP contribution in [0, 0.1) is 0 Å². The summed E-state index contributed by atoms with van der Waals surface area (Å²) in [5.41, 5.74) is 1.09. The first-order valence-electron chi connectivity index (χ1n) is 11.9. The van der Waals surface area contributed by atoms with Crippen molar-refractivity contribution in [3.63, 3.8) is 0 Å². The van der Waals surface area contributed by atoms with Gasteiger partial charge in [-0.3, -0.25) is 9.36 Å². The van der Waals surface area contributed by atoms with E-state index in [1.165, 1.54) is 34.8 Å². The largest absolute Gasteiger partial charge is 0.493 e. The topological polar surface area (TPSA) is 118 Å². The molecule has 4 aromatic rings. The van der Waals surface area contributed by atoms with Gasteiger partial charge < -0.3 is 18.6 Å². The van der Waals surface area contributed by atoms with E-state index in [1.807, 2.05) is 0 Å². The third-order valence-electron chi connectivity index (χ3n) is 5.85. The van der Waals surface area contributed by atoms with Crippen LogP contribution in [-0.4, -0.2) is 41.3 Å². The Morgan fingerprint density at radius 3 is 2.64 bits per heavy atom. The minimum absolute atomic E-state index is 0.186. The Morgan fingerprint density at radius 2 is 1.92 bits per heavy atom. The summed E-state index contributed by atoms with van der Waals surface area (Å²) in [6, 6.07) is 9.80. The van der Waals surface area contributed by atoms with Gasteiger partial charge in [-0.05, 0) is 61.5 Å². The lowest BCUT2D eigenvalue weighted by Gasteiger charge is -2.25. The summed E-state index contributed by atoms with van der Waals surface area (Å²) >= 11 is 2.49. The maximum absolute atomic E-state index is 13.8. The molecule has 0 N–H and O–H groups in total. The number of nitrogens with zero attached hydrogens (tertiary/aromatic N) is 4. The van der Waals surface area contributed by atoms with Crippen molar-refractivity contribution < 1.29 is 23.4 Å². The second-order valence-corrected chi connectivity index (χ2v) is 10.2. The second-order valence-electron chi connectivity index (χ2n) is 8.21. The van der Waals surface area contributed by atoms with Crippen LogP contribution in [0.4, 0.5) is 0 Å². The zero-order chi connectivity index (χ0) is 27.5. The molecule has 0 unspecified atom stereocenters. The number of thiazole rings is 1. The minimum Gasteiger partial charge on any atom is -0.493 e. The van der Waals surface area contributed by atoms with Crippen molar-refractivity contribution in [3.05, 3.63) is 91.1 Å². The van der Waals surface area contributed by atoms with Gasteiger partial charge in [-0.15, -0.1) is 0 Å². The standard InChI is InChI=1S/C27H24N4O6S2/c1-5-36-25(33)22-15(2)30-27-31(23(22)16-7-9-18(34-3)19(13-16)35-4)24(32)20(38-27)14-17-8-10-21(37-17)39-26-28-11-6-12-29-26/h6-14,23H,5H2,1-4H3/b20-14+/t23-/m0/s1. The van der Waals surface area contributed by atoms with E-state index in [4.69, 9.17) is 18.6 Å². The molecule has 0 bridgehead atoms. The Balaban J connectivity index is 1.61. The Bertz CT molecular complexity index is 1740. The molecule has 1 aliphatic rings. The Hall–Kier alpha value is -4.16. The normalized spacial score (nSPS) is 15.1. The van der Waals surface area contributed by atoms with Gasteiger partial charge in [-0.2, -0.15) is 0 Å². The van der Waals surface area contributed by atoms with E-state index >= 15 is 0 Å². The van der Waals surface area contributed by atoms with E-state index in [0.717, 1.165) is 0 Å². The van der Waals surface area contributed by atoms with Crippen LogP contribution < -0.4 is 24.4 Å². The van der Waals surface area contributed by atoms with Gasteiger partial charge in [-0.1, -0.05) is 17.4 Å². The number of fused-ring (bicyclic) bond motifs is 1. The van der Waals surface area contributed by atoms with Crippen LogP contribution in [0.3, 0.4) is 0 Å². The number of hydrogen-bond acceptors (Lipinski definition) is 11. The van der Waals surface area contributed by atoms with Crippen molar-refractivity contribution >= 4 is 35.1 Å². The highest BCUT2D eigenvalue weighted by molar-refractivity contribution is 7.99. The van der Waals surface area contributed by atoms with Gasteiger partial charge in [0.2, 0.25) is 0 Å². The molecule has 39 heavy (non-hydrogen) atoms. The molecule has 1 aliphatic heterocycles. The Labute approximate surface area is 231 Å². The van der Waals surface area contributed by atoms with E-state index in [-0.39, 0.29) is 17.7 Å². The van der Waals surface area contributed by atoms with Crippen molar-refractivity contribution in [2.45, 2.75) is 30.1 Å². The number of ether oxygens (including phenoxy) is 3. The van der Waals surface area contributed by atoms with Gasteiger partial charge in [0, 0.05) is 18.5 Å². The van der Waals surface area contributed by atoms with Gasteiger partial charge in [0.25, 0.3) is 5.56 Å². The summed E-state index contributed by atoms with van der Waals surface area (Å²) < 4.78 is 24.0. The molecule has 0 aliphatic carbocycles. The lowest BCUT2D eigenvalue weighted by Crippen LogP contribution is -2.39. The summed E-state index contributed by atoms with van der Waals surface area (Å²) in [7, 11) is 3.07. The fourth-order valence-corrected chi connectivity index (χ4v) is 5.86. The molecule has 0 saturated heterocycles. The number of aromatic nitrogens is 3. The number of rotatable bonds is 8. The number of furan rings is 1. The monoisotopic (exact) mass is 564 g/mol. The van der Waals surface area contributed by atoms with Crippen molar-refractivity contribution in [2.75, 3.05) is 20.8 Å². The van der Waals surface area contributed by atoms with Crippen molar-refractivity contribution in [2.24, 2.45) is 4.99 Å². The second kappa shape index (κ2) is 11.3. The predicted molar refractivity (Wildman–Crippen MR) is 145 cm³/mol. The van der Waals surface area contributed by atoms with Gasteiger partial charge in [0.1, 0.15) is 5.76 Å². The zero-order valence-electron chi connectivity index (χ0n) is 21.5. The molecule has 1 atom stereocenters. The first-order chi connectivity index (χ1) is 18.9. The molecular formula is C27H24N4O6S2. The number of carbonyl (C=O) groups is 1. The fourth-order valence-electron chi connectivity index (χ4n) is 4.15. The van der Waals surface area contributed by atoms with Crippen LogP contribution in [0.25, 0.3) is 6.08 Å². The summed E-state index contributed by atoms with van der Waals surface area (Å²) in [4.78, 5) is 40.3. The number of esters is 1. The third kappa shape index (κ3) is 5.25. The van der Waals surface area contributed by atoms with Gasteiger partial charge in [-0.25, -0.2) is 19.8 Å². The van der Waals surface area contributed by atoms with E-state index < -0.39 is 12.0 Å². The lowest BCUT2D eigenvalue weighted by atomic mass is 9.95. The Kier molecular flexibility index (Phi) is 7.66. The average Bonchev–Trinajstić information content (AvgIpc) is 3.51. The van der Waals surface area contributed by atoms with E-state index in [1.54, 1.807) is 75.8 Å². The highest BCUT2D eigenvalue weighted by Crippen LogP contribution is 2.36. The van der Waals surface area contributed by atoms with Crippen LogP contribution in [-0.2, 0) is 9.53 Å². The smallest absolute Gasteiger partial charge is 0.338 e. The number of allylic oxidation sites excluding steroid dienone is 1. The van der Waals surface area contributed by atoms with Crippen LogP contribution in [0.5, 0.6) is 11.5 Å². The summed E-state index contributed by atoms with van der Waals surface area (Å²) in [5, 5.41) is 1.14. The SMILES string of the molecule is CCOC(=O)C1=C(C)N=c2s/c(=C/c3ccc(Sc4ncccn4)o3)c(=O)n2[C@H]1c1ccc(OC)c(OC)c1. The highest BCUT2D eigenvalue weighted by atomic mass is 32.2. The Morgan fingerprint density at radius 1 is 1.15 bits per heavy atom. The maximum atomic E-state index is 13.8. The van der Waals surface area contributed by atoms with Crippen LogP contribution in [0.2, 0.25) is 0 Å². The number of methoxy groups -OCH3 is 2. The van der Waals surface area contributed by atoms with Gasteiger partial charge in [0.05, 0.1) is 42.7 Å². The number of carbonyl (C=O) groups excluding carboxylic acids is 1. The third-order valence-corrected chi connectivity index (χ3v) is 7.65. The van der Waals surface area contributed by atoms with Crippen molar-refractivity contribution in [1.29, 1.82) is 0 Å². The maximum Gasteiger partial charge on any atom is 0.338 e. The number of hydrogen-bond donors (Lipinski definition) is 0. The molecule has 0 spiro atoms. The molecule has 0 amide bonds. The van der Waals surface area contributed by atoms with Crippen LogP contribution in [0.1, 0.15) is 31.2 Å². The quantitative estimate of drug-likeness (QED) is 0.235. The molecule has 200 valence electrons. The van der Waals surface area contributed by atoms with Crippen molar-refractivity contribution in [3.8, 4) is 11.5 Å². The molecule has 5 rings (SSSR count). The first-order valence-corrected chi connectivity index (χ1v) is 13.5. The van der Waals surface area contributed by atoms with Crippen molar-refractivity contribution in [1.82, 2.24) is 14.5 Å². The summed E-state index contributed by atoms with van der Waals surface area (Å²) in [6.45, 7) is 3.65. The first kappa shape index (κ1) is 26.4. The van der Waals surface area contributed by atoms with Crippen LogP contribution >= 0.6 is 23.1 Å². The summed E-state index contributed by atoms with van der Waals surface area (Å²) in [5.74, 6) is 0.948. The van der Waals surface area contributed by atoms with Crippen LogP contribution in [0.15, 0.2) is 84.5 Å². The van der Waals surface area contributed by atoms with E-state index in [2.05, 4.69) is 15.0 Å².